The minimum atomic E-state index is -0.0434. The van der Waals surface area contributed by atoms with E-state index in [2.05, 4.69) is 9.97 Å². The molecule has 0 atom stereocenters. The molecule has 1 aromatic carbocycles. The Balaban J connectivity index is 2.57. The minimum Gasteiger partial charge on any atom is -0.294 e. The van der Waals surface area contributed by atoms with Crippen molar-refractivity contribution >= 4 is 29.0 Å². The second kappa shape index (κ2) is 5.97. The van der Waals surface area contributed by atoms with Gasteiger partial charge in [0.2, 0.25) is 0 Å². The van der Waals surface area contributed by atoms with Gasteiger partial charge >= 0.3 is 0 Å². The molecular weight excluding hydrogens is 272 g/mol. The second-order valence-corrected chi connectivity index (χ2v) is 4.96. The van der Waals surface area contributed by atoms with E-state index in [9.17, 15) is 4.79 Å². The summed E-state index contributed by atoms with van der Waals surface area (Å²) in [4.78, 5) is 20.4. The van der Waals surface area contributed by atoms with Crippen LogP contribution in [0.25, 0.3) is 11.6 Å². The lowest BCUT2D eigenvalue weighted by atomic mass is 9.99. The lowest BCUT2D eigenvalue weighted by molar-refractivity contribution is -0.111. The number of ketones is 1. The van der Waals surface area contributed by atoms with E-state index in [1.807, 2.05) is 32.0 Å². The van der Waals surface area contributed by atoms with E-state index in [0.29, 0.717) is 16.4 Å². The highest BCUT2D eigenvalue weighted by atomic mass is 35.5. The van der Waals surface area contributed by atoms with Crippen molar-refractivity contribution < 1.29 is 4.79 Å². The fourth-order valence-electron chi connectivity index (χ4n) is 1.94. The molecule has 0 spiro atoms. The Hall–Kier alpha value is -2.00. The summed E-state index contributed by atoms with van der Waals surface area (Å²) in [7, 11) is 0. The predicted molar refractivity (Wildman–Crippen MR) is 81.5 cm³/mol. The average molecular weight is 287 g/mol. The van der Waals surface area contributed by atoms with Crippen molar-refractivity contribution in [2.45, 2.75) is 20.8 Å². The summed E-state index contributed by atoms with van der Waals surface area (Å²) in [5.41, 5.74) is 2.94. The largest absolute Gasteiger partial charge is 0.294 e. The van der Waals surface area contributed by atoms with Gasteiger partial charge in [0.25, 0.3) is 0 Å². The summed E-state index contributed by atoms with van der Waals surface area (Å²) >= 11 is 6.17. The molecule has 2 rings (SSSR count). The number of benzene rings is 1. The van der Waals surface area contributed by atoms with Gasteiger partial charge in [-0.05, 0) is 32.9 Å². The summed E-state index contributed by atoms with van der Waals surface area (Å²) in [6, 6.07) is 7.30. The maximum Gasteiger partial charge on any atom is 0.160 e. The van der Waals surface area contributed by atoms with E-state index in [1.54, 1.807) is 18.3 Å². The van der Waals surface area contributed by atoms with E-state index in [0.717, 1.165) is 16.8 Å². The van der Waals surface area contributed by atoms with Crippen LogP contribution in [0.4, 0.5) is 0 Å². The third-order valence-electron chi connectivity index (χ3n) is 2.98. The van der Waals surface area contributed by atoms with Crippen molar-refractivity contribution in [1.82, 2.24) is 9.97 Å². The molecule has 3 nitrogen and oxygen atoms in total. The van der Waals surface area contributed by atoms with Crippen molar-refractivity contribution in [3.05, 3.63) is 58.1 Å². The van der Waals surface area contributed by atoms with Crippen LogP contribution in [-0.2, 0) is 4.79 Å². The predicted octanol–water partition coefficient (Wildman–Crippen LogP) is 3.88. The van der Waals surface area contributed by atoms with E-state index in [4.69, 9.17) is 11.6 Å². The number of hydrogen-bond acceptors (Lipinski definition) is 3. The average Bonchev–Trinajstić information content (AvgIpc) is 2.39. The molecule has 1 heterocycles. The molecule has 1 aromatic heterocycles. The zero-order valence-electron chi connectivity index (χ0n) is 11.6. The molecule has 0 bridgehead atoms. The normalized spacial score (nSPS) is 11.5. The minimum absolute atomic E-state index is 0.0434. The van der Waals surface area contributed by atoms with Gasteiger partial charge in [-0.15, -0.1) is 0 Å². The van der Waals surface area contributed by atoms with Crippen LogP contribution < -0.4 is 0 Å². The van der Waals surface area contributed by atoms with Crippen molar-refractivity contribution in [3.63, 3.8) is 0 Å². The third-order valence-corrected chi connectivity index (χ3v) is 3.31. The van der Waals surface area contributed by atoms with Gasteiger partial charge in [-0.2, -0.15) is 0 Å². The summed E-state index contributed by atoms with van der Waals surface area (Å²) in [6.45, 7) is 5.25. The number of aryl methyl sites for hydroxylation is 2. The number of Topliss-reactive ketones (excluding diaryl/α,β-unsaturated/α-hetero) is 1. The van der Waals surface area contributed by atoms with E-state index < -0.39 is 0 Å². The zero-order valence-corrected chi connectivity index (χ0v) is 12.4. The Morgan fingerprint density at radius 2 is 1.95 bits per heavy atom. The molecule has 0 aliphatic carbocycles. The molecule has 0 saturated carbocycles. The van der Waals surface area contributed by atoms with Crippen molar-refractivity contribution in [1.29, 1.82) is 0 Å². The molecular formula is C16H15ClN2O. The number of allylic oxidation sites excluding steroid dienone is 1. The number of carbonyl (C=O) groups excluding carboxylic acids is 1. The zero-order chi connectivity index (χ0) is 14.7. The Labute approximate surface area is 123 Å². The van der Waals surface area contributed by atoms with Crippen molar-refractivity contribution in [2.75, 3.05) is 0 Å². The monoisotopic (exact) mass is 286 g/mol. The highest BCUT2D eigenvalue weighted by molar-refractivity contribution is 6.36. The SMILES string of the molecule is CC(=O)/C(=C\c1cnc(C)nc1C)c1ccccc1Cl. The summed E-state index contributed by atoms with van der Waals surface area (Å²) in [5.74, 6) is 0.667. The van der Waals surface area contributed by atoms with Crippen LogP contribution >= 0.6 is 11.6 Å². The lowest BCUT2D eigenvalue weighted by Gasteiger charge is -2.08. The maximum absolute atomic E-state index is 11.9. The Morgan fingerprint density at radius 3 is 2.55 bits per heavy atom. The van der Waals surface area contributed by atoms with Crippen LogP contribution in [0.1, 0.15) is 29.6 Å². The van der Waals surface area contributed by atoms with Crippen LogP contribution in [0.15, 0.2) is 30.5 Å². The highest BCUT2D eigenvalue weighted by Crippen LogP contribution is 2.26. The quantitative estimate of drug-likeness (QED) is 0.804. The summed E-state index contributed by atoms with van der Waals surface area (Å²) < 4.78 is 0. The molecule has 0 unspecified atom stereocenters. The molecule has 4 heteroatoms. The first kappa shape index (κ1) is 14.4. The van der Waals surface area contributed by atoms with Gasteiger partial charge in [0.1, 0.15) is 5.82 Å². The standard InChI is InChI=1S/C16H15ClN2O/c1-10-13(9-18-12(3)19-10)8-15(11(2)20)14-6-4-5-7-16(14)17/h4-9H,1-3H3/b15-8+. The van der Waals surface area contributed by atoms with Crippen LogP contribution in [0.3, 0.4) is 0 Å². The third kappa shape index (κ3) is 3.11. The molecule has 102 valence electrons. The number of aromatic nitrogens is 2. The molecule has 20 heavy (non-hydrogen) atoms. The van der Waals surface area contributed by atoms with Crippen molar-refractivity contribution in [3.8, 4) is 0 Å². The van der Waals surface area contributed by atoms with Gasteiger partial charge < -0.3 is 0 Å². The molecule has 0 saturated heterocycles. The van der Waals surface area contributed by atoms with Gasteiger partial charge in [-0.25, -0.2) is 9.97 Å². The van der Waals surface area contributed by atoms with Gasteiger partial charge in [0.05, 0.1) is 0 Å². The fourth-order valence-corrected chi connectivity index (χ4v) is 2.18. The first-order chi connectivity index (χ1) is 9.49. The summed E-state index contributed by atoms with van der Waals surface area (Å²) in [6.07, 6.45) is 3.51. The number of rotatable bonds is 3. The van der Waals surface area contributed by atoms with Gasteiger partial charge in [0.15, 0.2) is 5.78 Å². The van der Waals surface area contributed by atoms with Gasteiger partial charge in [-0.3, -0.25) is 4.79 Å². The van der Waals surface area contributed by atoms with Crippen molar-refractivity contribution in [2.24, 2.45) is 0 Å². The molecule has 0 aliphatic heterocycles. The first-order valence-electron chi connectivity index (χ1n) is 6.27. The number of nitrogens with zero attached hydrogens (tertiary/aromatic N) is 2. The van der Waals surface area contributed by atoms with E-state index in [-0.39, 0.29) is 5.78 Å². The lowest BCUT2D eigenvalue weighted by Crippen LogP contribution is -1.99. The maximum atomic E-state index is 11.9. The Morgan fingerprint density at radius 1 is 1.25 bits per heavy atom. The van der Waals surface area contributed by atoms with Crippen LogP contribution in [-0.4, -0.2) is 15.8 Å². The Kier molecular flexibility index (Phi) is 4.30. The number of halogens is 1. The first-order valence-corrected chi connectivity index (χ1v) is 6.64. The topological polar surface area (TPSA) is 42.9 Å². The van der Waals surface area contributed by atoms with Crippen LogP contribution in [0, 0.1) is 13.8 Å². The van der Waals surface area contributed by atoms with E-state index >= 15 is 0 Å². The van der Waals surface area contributed by atoms with E-state index in [1.165, 1.54) is 6.92 Å². The summed E-state index contributed by atoms with van der Waals surface area (Å²) in [5, 5.41) is 0.555. The molecule has 2 aromatic rings. The van der Waals surface area contributed by atoms with Gasteiger partial charge in [-0.1, -0.05) is 29.8 Å². The number of carbonyl (C=O) groups is 1. The molecule has 0 radical (unpaired) electrons. The second-order valence-electron chi connectivity index (χ2n) is 4.55. The van der Waals surface area contributed by atoms with Gasteiger partial charge in [0, 0.05) is 33.6 Å². The number of hydrogen-bond donors (Lipinski definition) is 0. The molecule has 0 fully saturated rings. The Bertz CT molecular complexity index is 693. The fraction of sp³-hybridized carbons (Fsp3) is 0.188. The highest BCUT2D eigenvalue weighted by Gasteiger charge is 2.11. The molecule has 0 N–H and O–H groups in total. The van der Waals surface area contributed by atoms with Crippen LogP contribution in [0.2, 0.25) is 5.02 Å². The van der Waals surface area contributed by atoms with Crippen LogP contribution in [0.5, 0.6) is 0 Å². The smallest absolute Gasteiger partial charge is 0.160 e. The molecule has 0 amide bonds. The molecule has 0 aliphatic rings.